The Morgan fingerprint density at radius 2 is 1.33 bits per heavy atom. The van der Waals surface area contributed by atoms with E-state index >= 15 is 0 Å². The van der Waals surface area contributed by atoms with Gasteiger partial charge in [0.15, 0.2) is 0 Å². The van der Waals surface area contributed by atoms with Gasteiger partial charge in [0.1, 0.15) is 0 Å². The van der Waals surface area contributed by atoms with E-state index in [4.69, 9.17) is 5.10 Å². The van der Waals surface area contributed by atoms with E-state index in [9.17, 15) is 0 Å². The summed E-state index contributed by atoms with van der Waals surface area (Å²) in [5.74, 6) is 0.875. The number of para-hydroxylation sites is 1. The van der Waals surface area contributed by atoms with Crippen LogP contribution in [-0.4, -0.2) is 19.3 Å². The third-order valence-corrected chi connectivity index (χ3v) is 10.6. The van der Waals surface area contributed by atoms with Crippen LogP contribution in [0.3, 0.4) is 0 Å². The normalized spacial score (nSPS) is 13.1. The Hall–Kier alpha value is -4.99. The van der Waals surface area contributed by atoms with Gasteiger partial charge in [0.2, 0.25) is 0 Å². The molecule has 0 bridgehead atoms. The van der Waals surface area contributed by atoms with E-state index in [1.54, 1.807) is 0 Å². The zero-order valence-electron chi connectivity index (χ0n) is 31.3. The molecule has 8 rings (SSSR count). The summed E-state index contributed by atoms with van der Waals surface area (Å²) < 4.78 is 4.14. The maximum absolute atomic E-state index is 5.18. The summed E-state index contributed by atoms with van der Waals surface area (Å²) in [5, 5.41) is 5.18. The van der Waals surface area contributed by atoms with Gasteiger partial charge in [-0.25, -0.2) is 0 Å². The SMILES string of the molecule is Cc1cc(C)c(-c2cnn(-c3[c-]c4c(cc3)C(C)(C)c3ccccc3N4c3[c-]c(-c4nccn4C)ccc3)c2-c2c(C)cc(C)cc2C)c(C)c1.[Pt+2]. The third kappa shape index (κ3) is 5.67. The summed E-state index contributed by atoms with van der Waals surface area (Å²) >= 11 is 0. The first kappa shape index (κ1) is 35.4. The molecule has 1 aliphatic heterocycles. The fourth-order valence-corrected chi connectivity index (χ4v) is 8.44. The molecule has 3 heterocycles. The number of hydrogen-bond acceptors (Lipinski definition) is 3. The van der Waals surface area contributed by atoms with Gasteiger partial charge in [-0.2, -0.15) is 11.2 Å². The number of aryl methyl sites for hydroxylation is 7. The van der Waals surface area contributed by atoms with Gasteiger partial charge in [0.25, 0.3) is 0 Å². The molecule has 0 spiro atoms. The van der Waals surface area contributed by atoms with Crippen molar-refractivity contribution in [3.05, 3.63) is 154 Å². The number of benzene rings is 5. The molecule has 262 valence electrons. The predicted molar refractivity (Wildman–Crippen MR) is 210 cm³/mol. The molecule has 52 heavy (non-hydrogen) atoms. The number of hydrogen-bond donors (Lipinski definition) is 0. The molecule has 0 aliphatic carbocycles. The van der Waals surface area contributed by atoms with Crippen molar-refractivity contribution < 1.29 is 21.1 Å². The van der Waals surface area contributed by atoms with E-state index in [1.807, 2.05) is 30.2 Å². The molecule has 7 aromatic rings. The van der Waals surface area contributed by atoms with Crippen molar-refractivity contribution in [1.82, 2.24) is 19.3 Å². The summed E-state index contributed by atoms with van der Waals surface area (Å²) in [6.07, 6.45) is 5.85. The molecule has 0 unspecified atom stereocenters. The Morgan fingerprint density at radius 3 is 1.98 bits per heavy atom. The van der Waals surface area contributed by atoms with Crippen LogP contribution in [0.15, 0.2) is 97.5 Å². The first-order chi connectivity index (χ1) is 24.4. The fraction of sp³-hybridized carbons (Fsp3) is 0.217. The van der Waals surface area contributed by atoms with Gasteiger partial charge >= 0.3 is 21.1 Å². The summed E-state index contributed by atoms with van der Waals surface area (Å²) in [4.78, 5) is 6.95. The number of fused-ring (bicyclic) bond motifs is 2. The third-order valence-electron chi connectivity index (χ3n) is 10.6. The predicted octanol–water partition coefficient (Wildman–Crippen LogP) is 11.2. The largest absolute Gasteiger partial charge is 2.00 e. The maximum Gasteiger partial charge on any atom is 2.00 e. The van der Waals surface area contributed by atoms with Gasteiger partial charge in [0, 0.05) is 36.3 Å². The van der Waals surface area contributed by atoms with Gasteiger partial charge in [-0.15, -0.1) is 47.5 Å². The summed E-state index contributed by atoms with van der Waals surface area (Å²) in [6.45, 7) is 17.8. The molecule has 5 aromatic carbocycles. The van der Waals surface area contributed by atoms with Crippen LogP contribution in [0.5, 0.6) is 0 Å². The van der Waals surface area contributed by atoms with Crippen LogP contribution in [0.2, 0.25) is 0 Å². The molecule has 0 atom stereocenters. The minimum Gasteiger partial charge on any atom is -0.373 e. The van der Waals surface area contributed by atoms with Gasteiger partial charge in [-0.3, -0.25) is 9.67 Å². The molecule has 1 aliphatic rings. The van der Waals surface area contributed by atoms with Crippen molar-refractivity contribution in [2.24, 2.45) is 7.05 Å². The van der Waals surface area contributed by atoms with E-state index in [2.05, 4.69) is 161 Å². The van der Waals surface area contributed by atoms with Crippen molar-refractivity contribution in [1.29, 1.82) is 0 Å². The molecule has 5 nitrogen and oxygen atoms in total. The van der Waals surface area contributed by atoms with Crippen molar-refractivity contribution in [2.45, 2.75) is 60.8 Å². The van der Waals surface area contributed by atoms with Gasteiger partial charge < -0.3 is 9.47 Å². The average Bonchev–Trinajstić information content (AvgIpc) is 3.70. The minimum absolute atomic E-state index is 0. The Balaban J connectivity index is 0.00000420. The van der Waals surface area contributed by atoms with Crippen LogP contribution in [0.4, 0.5) is 17.1 Å². The Morgan fingerprint density at radius 1 is 0.673 bits per heavy atom. The standard InChI is InChI=1S/C46H43N5.Pt/c1-28-21-30(3)42(31(4)22-28)37-27-48-51(44(37)43-32(5)23-29(2)24-33(43)6)36-17-18-39-41(26-36)50(40-16-11-10-15-38(40)46(39,7)8)35-14-12-13-34(25-35)45-47-19-20-49(45)9;/h10-24,27H,1-9H3;/q-2;+2. The number of anilines is 3. The van der Waals surface area contributed by atoms with E-state index in [0.29, 0.717) is 0 Å². The molecular weight excluding hydrogens is 818 g/mol. The zero-order valence-corrected chi connectivity index (χ0v) is 33.6. The van der Waals surface area contributed by atoms with Crippen molar-refractivity contribution >= 4 is 17.1 Å². The van der Waals surface area contributed by atoms with Crippen molar-refractivity contribution in [3.63, 3.8) is 0 Å². The summed E-state index contributed by atoms with van der Waals surface area (Å²) in [6, 6.07) is 36.2. The van der Waals surface area contributed by atoms with Crippen LogP contribution in [0.25, 0.3) is 39.5 Å². The molecule has 6 heteroatoms. The summed E-state index contributed by atoms with van der Waals surface area (Å²) in [5.41, 5.74) is 19.2. The van der Waals surface area contributed by atoms with E-state index in [-0.39, 0.29) is 26.5 Å². The van der Waals surface area contributed by atoms with E-state index in [0.717, 1.165) is 45.4 Å². The molecule has 0 amide bonds. The second-order valence-corrected chi connectivity index (χ2v) is 14.8. The first-order valence-corrected chi connectivity index (χ1v) is 17.7. The van der Waals surface area contributed by atoms with Crippen LogP contribution in [0.1, 0.15) is 58.4 Å². The Bertz CT molecular complexity index is 2450. The van der Waals surface area contributed by atoms with E-state index in [1.165, 1.54) is 55.6 Å². The average molecular weight is 861 g/mol. The van der Waals surface area contributed by atoms with Gasteiger partial charge in [-0.05, 0) is 97.8 Å². The molecular formula is C46H43N5Pt. The second-order valence-electron chi connectivity index (χ2n) is 14.8. The minimum atomic E-state index is -0.257. The quantitative estimate of drug-likeness (QED) is 0.162. The van der Waals surface area contributed by atoms with E-state index < -0.39 is 0 Å². The number of nitrogens with zero attached hydrogens (tertiary/aromatic N) is 5. The topological polar surface area (TPSA) is 38.9 Å². The maximum atomic E-state index is 5.18. The van der Waals surface area contributed by atoms with Gasteiger partial charge in [-0.1, -0.05) is 73.1 Å². The Labute approximate surface area is 322 Å². The number of rotatable bonds is 5. The second kappa shape index (κ2) is 13.2. The van der Waals surface area contributed by atoms with Crippen LogP contribution in [-0.2, 0) is 33.5 Å². The molecule has 0 fully saturated rings. The van der Waals surface area contributed by atoms with Crippen molar-refractivity contribution in [3.8, 4) is 39.5 Å². The molecule has 2 aromatic heterocycles. The molecule has 0 saturated heterocycles. The van der Waals surface area contributed by atoms with Crippen LogP contribution < -0.4 is 4.90 Å². The summed E-state index contributed by atoms with van der Waals surface area (Å²) in [7, 11) is 2.02. The van der Waals surface area contributed by atoms with Gasteiger partial charge in [0.05, 0.1) is 17.7 Å². The van der Waals surface area contributed by atoms with Crippen molar-refractivity contribution in [2.75, 3.05) is 4.90 Å². The zero-order chi connectivity index (χ0) is 35.8. The van der Waals surface area contributed by atoms with Crippen LogP contribution in [0, 0.1) is 53.7 Å². The first-order valence-electron chi connectivity index (χ1n) is 17.7. The number of aromatic nitrogens is 4. The molecule has 0 saturated carbocycles. The van der Waals surface area contributed by atoms with Crippen LogP contribution >= 0.6 is 0 Å². The fourth-order valence-electron chi connectivity index (χ4n) is 8.44. The Kier molecular flexibility index (Phi) is 8.99. The molecule has 0 radical (unpaired) electrons. The smallest absolute Gasteiger partial charge is 0.373 e. The monoisotopic (exact) mass is 860 g/mol. The number of imidazole rings is 1. The molecule has 0 N–H and O–H groups in total.